The molecule has 1 aromatic carbocycles. The van der Waals surface area contributed by atoms with Crippen LogP contribution in [0.3, 0.4) is 0 Å². The molecule has 1 unspecified atom stereocenters. The number of nitrogens with one attached hydrogen (secondary N) is 1. The Morgan fingerprint density at radius 2 is 2.05 bits per heavy atom. The predicted octanol–water partition coefficient (Wildman–Crippen LogP) is 3.27. The molecule has 2 nitrogen and oxygen atoms in total. The number of nitrogens with zero attached hydrogens (tertiary/aromatic N) is 1. The van der Waals surface area contributed by atoms with Crippen LogP contribution >= 0.6 is 0 Å². The van der Waals surface area contributed by atoms with E-state index in [0.29, 0.717) is 0 Å². The van der Waals surface area contributed by atoms with Gasteiger partial charge in [0.1, 0.15) is 0 Å². The van der Waals surface area contributed by atoms with Crippen LogP contribution in [0.15, 0.2) is 18.2 Å². The topological polar surface area (TPSA) is 15.3 Å². The van der Waals surface area contributed by atoms with Gasteiger partial charge in [0.2, 0.25) is 0 Å². The molecule has 0 bridgehead atoms. The van der Waals surface area contributed by atoms with E-state index >= 15 is 0 Å². The van der Waals surface area contributed by atoms with Crippen molar-refractivity contribution in [1.29, 1.82) is 0 Å². The highest BCUT2D eigenvalue weighted by Gasteiger charge is 2.13. The third-order valence-electron chi connectivity index (χ3n) is 4.30. The average molecular weight is 260 g/mol. The first kappa shape index (κ1) is 14.5. The molecule has 2 heteroatoms. The zero-order valence-electron chi connectivity index (χ0n) is 12.7. The fraction of sp³-hybridized carbons (Fsp3) is 0.647. The first-order chi connectivity index (χ1) is 9.15. The van der Waals surface area contributed by atoms with E-state index < -0.39 is 0 Å². The zero-order valence-corrected chi connectivity index (χ0v) is 12.7. The Morgan fingerprint density at radius 3 is 2.74 bits per heavy atom. The van der Waals surface area contributed by atoms with Crippen molar-refractivity contribution < 1.29 is 0 Å². The van der Waals surface area contributed by atoms with E-state index in [1.165, 1.54) is 55.5 Å². The number of aryl methyl sites for hydroxylation is 2. The van der Waals surface area contributed by atoms with E-state index in [1.807, 2.05) is 0 Å². The summed E-state index contributed by atoms with van der Waals surface area (Å²) in [5, 5.41) is 3.63. The van der Waals surface area contributed by atoms with Crippen LogP contribution < -0.4 is 5.32 Å². The van der Waals surface area contributed by atoms with Crippen molar-refractivity contribution in [3.05, 3.63) is 34.9 Å². The van der Waals surface area contributed by atoms with E-state index in [-0.39, 0.29) is 0 Å². The number of piperidine rings is 1. The molecule has 0 aliphatic carbocycles. The molecule has 106 valence electrons. The highest BCUT2D eigenvalue weighted by molar-refractivity contribution is 5.29. The lowest BCUT2D eigenvalue weighted by atomic mass is 10.0. The summed E-state index contributed by atoms with van der Waals surface area (Å²) < 4.78 is 0. The highest BCUT2D eigenvalue weighted by Crippen LogP contribution is 2.13. The Morgan fingerprint density at radius 1 is 1.21 bits per heavy atom. The van der Waals surface area contributed by atoms with Crippen LogP contribution in [0.2, 0.25) is 0 Å². The molecule has 0 aromatic heterocycles. The normalized spacial score (nSPS) is 19.9. The van der Waals surface area contributed by atoms with Crippen LogP contribution in [0.25, 0.3) is 0 Å². The number of hydrogen-bond acceptors (Lipinski definition) is 2. The second kappa shape index (κ2) is 7.06. The number of benzene rings is 1. The van der Waals surface area contributed by atoms with Gasteiger partial charge >= 0.3 is 0 Å². The molecule has 1 aliphatic heterocycles. The molecule has 19 heavy (non-hydrogen) atoms. The largest absolute Gasteiger partial charge is 0.314 e. The first-order valence-electron chi connectivity index (χ1n) is 7.63. The molecule has 1 atom stereocenters. The van der Waals surface area contributed by atoms with Crippen LogP contribution in [-0.2, 0) is 6.54 Å². The van der Waals surface area contributed by atoms with Crippen LogP contribution in [-0.4, -0.2) is 31.1 Å². The molecule has 0 radical (unpaired) electrons. The Hall–Kier alpha value is -0.860. The second-order valence-corrected chi connectivity index (χ2v) is 6.09. The molecular formula is C17H28N2. The monoisotopic (exact) mass is 260 g/mol. The second-order valence-electron chi connectivity index (χ2n) is 6.09. The van der Waals surface area contributed by atoms with Crippen LogP contribution in [0, 0.1) is 13.8 Å². The number of hydrogen-bond donors (Lipinski definition) is 1. The van der Waals surface area contributed by atoms with Crippen molar-refractivity contribution in [2.75, 3.05) is 20.1 Å². The Labute approximate surface area is 118 Å². The quantitative estimate of drug-likeness (QED) is 0.874. The lowest BCUT2D eigenvalue weighted by Gasteiger charge is -2.26. The maximum Gasteiger partial charge on any atom is 0.0230 e. The van der Waals surface area contributed by atoms with Gasteiger partial charge in [-0.1, -0.05) is 24.6 Å². The fourth-order valence-electron chi connectivity index (χ4n) is 2.84. The lowest BCUT2D eigenvalue weighted by Crippen LogP contribution is -2.36. The van der Waals surface area contributed by atoms with E-state index in [0.717, 1.165) is 12.6 Å². The van der Waals surface area contributed by atoms with Gasteiger partial charge in [-0.2, -0.15) is 0 Å². The van der Waals surface area contributed by atoms with Crippen molar-refractivity contribution >= 4 is 0 Å². The highest BCUT2D eigenvalue weighted by atomic mass is 15.1. The summed E-state index contributed by atoms with van der Waals surface area (Å²) in [7, 11) is 2.23. The van der Waals surface area contributed by atoms with Crippen LogP contribution in [0.5, 0.6) is 0 Å². The minimum Gasteiger partial charge on any atom is -0.314 e. The summed E-state index contributed by atoms with van der Waals surface area (Å²) in [6, 6.07) is 7.57. The van der Waals surface area contributed by atoms with E-state index in [9.17, 15) is 0 Å². The third-order valence-corrected chi connectivity index (χ3v) is 4.30. The van der Waals surface area contributed by atoms with E-state index in [2.05, 4.69) is 49.3 Å². The summed E-state index contributed by atoms with van der Waals surface area (Å²) in [5.41, 5.74) is 4.22. The Bertz CT molecular complexity index is 394. The van der Waals surface area contributed by atoms with Gasteiger partial charge in [0.25, 0.3) is 0 Å². The lowest BCUT2D eigenvalue weighted by molar-refractivity contribution is 0.282. The van der Waals surface area contributed by atoms with Crippen LogP contribution in [0.1, 0.15) is 42.4 Å². The molecular weight excluding hydrogens is 232 g/mol. The number of rotatable bonds is 5. The molecule has 1 saturated heterocycles. The summed E-state index contributed by atoms with van der Waals surface area (Å²) in [4.78, 5) is 2.44. The SMILES string of the molecule is Cc1ccc(CN(C)CCC2CCCCN2)cc1C. The van der Waals surface area contributed by atoms with Crippen molar-refractivity contribution in [3.8, 4) is 0 Å². The minimum absolute atomic E-state index is 0.746. The standard InChI is InChI=1S/C17H28N2/c1-14-7-8-16(12-15(14)2)13-19(3)11-9-17-6-4-5-10-18-17/h7-8,12,17-18H,4-6,9-11,13H2,1-3H3. The molecule has 1 aromatic rings. The minimum atomic E-state index is 0.746. The smallest absolute Gasteiger partial charge is 0.0230 e. The molecule has 1 heterocycles. The van der Waals surface area contributed by atoms with Crippen molar-refractivity contribution in [2.24, 2.45) is 0 Å². The van der Waals surface area contributed by atoms with Gasteiger partial charge in [-0.15, -0.1) is 0 Å². The van der Waals surface area contributed by atoms with E-state index in [4.69, 9.17) is 0 Å². The average Bonchev–Trinajstić information content (AvgIpc) is 2.42. The van der Waals surface area contributed by atoms with Crippen molar-refractivity contribution in [3.63, 3.8) is 0 Å². The Balaban J connectivity index is 1.76. The molecule has 1 fully saturated rings. The summed E-state index contributed by atoms with van der Waals surface area (Å²) in [5.74, 6) is 0. The summed E-state index contributed by atoms with van der Waals surface area (Å²) in [6.45, 7) is 7.84. The molecule has 0 spiro atoms. The molecule has 2 rings (SSSR count). The molecule has 1 aliphatic rings. The fourth-order valence-corrected chi connectivity index (χ4v) is 2.84. The summed E-state index contributed by atoms with van der Waals surface area (Å²) in [6.07, 6.45) is 5.40. The molecule has 0 amide bonds. The van der Waals surface area contributed by atoms with Gasteiger partial charge < -0.3 is 10.2 Å². The van der Waals surface area contributed by atoms with Gasteiger partial charge in [-0.25, -0.2) is 0 Å². The third kappa shape index (κ3) is 4.63. The van der Waals surface area contributed by atoms with Gasteiger partial charge in [0.05, 0.1) is 0 Å². The van der Waals surface area contributed by atoms with Crippen molar-refractivity contribution in [1.82, 2.24) is 10.2 Å². The predicted molar refractivity (Wildman–Crippen MR) is 82.5 cm³/mol. The van der Waals surface area contributed by atoms with Gasteiger partial charge in [0.15, 0.2) is 0 Å². The van der Waals surface area contributed by atoms with Gasteiger partial charge in [0, 0.05) is 12.6 Å². The van der Waals surface area contributed by atoms with Gasteiger partial charge in [-0.05, 0) is 69.9 Å². The molecule has 1 N–H and O–H groups in total. The zero-order chi connectivity index (χ0) is 13.7. The maximum absolute atomic E-state index is 3.63. The maximum atomic E-state index is 3.63. The molecule has 0 saturated carbocycles. The van der Waals surface area contributed by atoms with E-state index in [1.54, 1.807) is 0 Å². The van der Waals surface area contributed by atoms with Crippen LogP contribution in [0.4, 0.5) is 0 Å². The first-order valence-corrected chi connectivity index (χ1v) is 7.63. The summed E-state index contributed by atoms with van der Waals surface area (Å²) >= 11 is 0. The van der Waals surface area contributed by atoms with Crippen molar-refractivity contribution in [2.45, 2.75) is 52.1 Å². The Kier molecular flexibility index (Phi) is 5.41. The van der Waals surface area contributed by atoms with Gasteiger partial charge in [-0.3, -0.25) is 0 Å².